The summed E-state index contributed by atoms with van der Waals surface area (Å²) in [7, 11) is 0. The first kappa shape index (κ1) is 20.5. The summed E-state index contributed by atoms with van der Waals surface area (Å²) in [6.45, 7) is -0.0761. The maximum atomic E-state index is 14.5. The van der Waals surface area contributed by atoms with E-state index < -0.39 is 35.3 Å². The molecule has 8 heteroatoms. The second-order valence-corrected chi connectivity index (χ2v) is 6.95. The molecule has 0 aliphatic carbocycles. The minimum atomic E-state index is -1.17. The summed E-state index contributed by atoms with van der Waals surface area (Å²) >= 11 is 5.85. The van der Waals surface area contributed by atoms with Crippen molar-refractivity contribution in [3.05, 3.63) is 76.1 Å². The van der Waals surface area contributed by atoms with E-state index in [1.165, 1.54) is 42.5 Å². The van der Waals surface area contributed by atoms with Gasteiger partial charge in [0.2, 0.25) is 0 Å². The van der Waals surface area contributed by atoms with Crippen molar-refractivity contribution in [3.8, 4) is 0 Å². The first-order chi connectivity index (χ1) is 13.8. The number of carboxylic acids is 1. The smallest absolute Gasteiger partial charge is 0.303 e. The molecule has 1 aliphatic heterocycles. The highest BCUT2D eigenvalue weighted by atomic mass is 35.5. The van der Waals surface area contributed by atoms with Crippen molar-refractivity contribution in [2.75, 3.05) is 6.54 Å². The number of hydrogen-bond donors (Lipinski definition) is 2. The lowest BCUT2D eigenvalue weighted by Crippen LogP contribution is -2.31. The van der Waals surface area contributed by atoms with Gasteiger partial charge in [0.15, 0.2) is 0 Å². The summed E-state index contributed by atoms with van der Waals surface area (Å²) < 4.78 is 14.5. The number of aliphatic hydroxyl groups is 1. The van der Waals surface area contributed by atoms with Crippen LogP contribution in [-0.2, 0) is 14.4 Å². The molecular weight excluding hydrogens is 401 g/mol. The summed E-state index contributed by atoms with van der Waals surface area (Å²) in [5.41, 5.74) is 0.0366. The van der Waals surface area contributed by atoms with Crippen LogP contribution in [0.15, 0.2) is 54.1 Å². The first-order valence-electron chi connectivity index (χ1n) is 8.82. The van der Waals surface area contributed by atoms with Gasteiger partial charge in [0, 0.05) is 29.1 Å². The topological polar surface area (TPSA) is 94.9 Å². The Labute approximate surface area is 170 Å². The molecule has 2 N–H and O–H groups in total. The third-order valence-electron chi connectivity index (χ3n) is 4.65. The molecule has 1 aliphatic rings. The van der Waals surface area contributed by atoms with Crippen LogP contribution in [0.5, 0.6) is 0 Å². The number of aliphatic carboxylic acids is 1. The maximum Gasteiger partial charge on any atom is 0.303 e. The van der Waals surface area contributed by atoms with Gasteiger partial charge in [-0.15, -0.1) is 0 Å². The monoisotopic (exact) mass is 417 g/mol. The van der Waals surface area contributed by atoms with E-state index in [1.807, 2.05) is 0 Å². The largest absolute Gasteiger partial charge is 0.507 e. The summed E-state index contributed by atoms with van der Waals surface area (Å²) in [6.07, 6.45) is -0.140. The van der Waals surface area contributed by atoms with Crippen LogP contribution < -0.4 is 0 Å². The van der Waals surface area contributed by atoms with Gasteiger partial charge in [-0.3, -0.25) is 14.4 Å². The third kappa shape index (κ3) is 4.14. The Balaban J connectivity index is 2.12. The van der Waals surface area contributed by atoms with Gasteiger partial charge < -0.3 is 15.1 Å². The average molecular weight is 418 g/mol. The number of aliphatic hydroxyl groups excluding tert-OH is 1. The lowest BCUT2D eigenvalue weighted by Gasteiger charge is -2.25. The molecule has 1 fully saturated rings. The quantitative estimate of drug-likeness (QED) is 0.424. The van der Waals surface area contributed by atoms with E-state index in [0.717, 1.165) is 4.90 Å². The van der Waals surface area contributed by atoms with E-state index in [4.69, 9.17) is 16.7 Å². The molecule has 29 heavy (non-hydrogen) atoms. The van der Waals surface area contributed by atoms with Crippen LogP contribution in [0.2, 0.25) is 5.02 Å². The number of carboxylic acid groups (broad SMARTS) is 1. The molecule has 1 amide bonds. The van der Waals surface area contributed by atoms with E-state index in [0.29, 0.717) is 5.02 Å². The second kappa shape index (κ2) is 8.45. The molecule has 0 bridgehead atoms. The van der Waals surface area contributed by atoms with Crippen molar-refractivity contribution in [1.82, 2.24) is 4.90 Å². The van der Waals surface area contributed by atoms with Gasteiger partial charge in [-0.25, -0.2) is 4.39 Å². The number of benzene rings is 2. The van der Waals surface area contributed by atoms with Gasteiger partial charge in [-0.2, -0.15) is 0 Å². The predicted molar refractivity (Wildman–Crippen MR) is 104 cm³/mol. The summed E-state index contributed by atoms with van der Waals surface area (Å²) in [5.74, 6) is -4.02. The molecule has 0 aromatic heterocycles. The first-order valence-corrected chi connectivity index (χ1v) is 9.19. The van der Waals surface area contributed by atoms with Crippen molar-refractivity contribution in [2.24, 2.45) is 0 Å². The van der Waals surface area contributed by atoms with Gasteiger partial charge in [0.1, 0.15) is 11.6 Å². The zero-order valence-corrected chi connectivity index (χ0v) is 15.9. The number of rotatable bonds is 6. The molecule has 6 nitrogen and oxygen atoms in total. The Bertz CT molecular complexity index is 1000. The number of likely N-dealkylation sites (tertiary alicyclic amines) is 1. The SMILES string of the molecule is O=C(O)CCCN1C(=O)C(=O)/C(=C(/O)c2ccc(Cl)cc2)C1c1ccccc1F. The molecule has 1 saturated heterocycles. The Kier molecular flexibility index (Phi) is 5.98. The Morgan fingerprint density at radius 2 is 1.72 bits per heavy atom. The maximum absolute atomic E-state index is 14.5. The lowest BCUT2D eigenvalue weighted by atomic mass is 9.95. The van der Waals surface area contributed by atoms with Gasteiger partial charge in [-0.05, 0) is 36.8 Å². The van der Waals surface area contributed by atoms with Crippen molar-refractivity contribution < 1.29 is 29.0 Å². The number of halogens is 2. The second-order valence-electron chi connectivity index (χ2n) is 6.52. The average Bonchev–Trinajstić information content (AvgIpc) is 2.93. The minimum Gasteiger partial charge on any atom is -0.507 e. The van der Waals surface area contributed by atoms with Crippen LogP contribution in [0, 0.1) is 5.82 Å². The molecule has 1 heterocycles. The number of Topliss-reactive ketones (excluding diaryl/α,β-unsaturated/α-hetero) is 1. The van der Waals surface area contributed by atoms with Crippen molar-refractivity contribution in [1.29, 1.82) is 0 Å². The van der Waals surface area contributed by atoms with Crippen LogP contribution in [0.3, 0.4) is 0 Å². The van der Waals surface area contributed by atoms with E-state index in [1.54, 1.807) is 6.07 Å². The number of carbonyl (C=O) groups is 3. The van der Waals surface area contributed by atoms with Crippen molar-refractivity contribution in [3.63, 3.8) is 0 Å². The van der Waals surface area contributed by atoms with E-state index >= 15 is 0 Å². The highest BCUT2D eigenvalue weighted by Gasteiger charge is 2.46. The molecular formula is C21H17ClFNO5. The van der Waals surface area contributed by atoms with Crippen LogP contribution in [0.25, 0.3) is 5.76 Å². The normalized spacial score (nSPS) is 18.3. The van der Waals surface area contributed by atoms with E-state index in [9.17, 15) is 23.9 Å². The van der Waals surface area contributed by atoms with E-state index in [2.05, 4.69) is 0 Å². The fourth-order valence-corrected chi connectivity index (χ4v) is 3.42. The Morgan fingerprint density at radius 3 is 2.34 bits per heavy atom. The standard InChI is InChI=1S/C21H17ClFNO5/c22-13-9-7-12(8-10-13)19(27)17-18(14-4-1-2-5-15(14)23)24(21(29)20(17)28)11-3-6-16(25)26/h1-2,4-5,7-10,18,27H,3,6,11H2,(H,25,26)/b19-17+. The molecule has 1 unspecified atom stereocenters. The van der Waals surface area contributed by atoms with Gasteiger partial charge in [-0.1, -0.05) is 29.8 Å². The minimum absolute atomic E-state index is 0.0394. The highest BCUT2D eigenvalue weighted by molar-refractivity contribution is 6.46. The van der Waals surface area contributed by atoms with Crippen LogP contribution in [-0.4, -0.2) is 39.3 Å². The van der Waals surface area contributed by atoms with Gasteiger partial charge in [0.25, 0.3) is 11.7 Å². The van der Waals surface area contributed by atoms with Crippen LogP contribution in [0.4, 0.5) is 4.39 Å². The van der Waals surface area contributed by atoms with Crippen molar-refractivity contribution >= 4 is 35.0 Å². The molecule has 150 valence electrons. The Hall–Kier alpha value is -3.19. The molecule has 2 aromatic carbocycles. The number of amides is 1. The van der Waals surface area contributed by atoms with Crippen LogP contribution in [0.1, 0.15) is 30.0 Å². The summed E-state index contributed by atoms with van der Waals surface area (Å²) in [4.78, 5) is 37.3. The molecule has 2 aromatic rings. The zero-order chi connectivity index (χ0) is 21.1. The number of ketones is 1. The molecule has 0 saturated carbocycles. The molecule has 0 radical (unpaired) electrons. The number of nitrogens with zero attached hydrogens (tertiary/aromatic N) is 1. The van der Waals surface area contributed by atoms with Crippen molar-refractivity contribution in [2.45, 2.75) is 18.9 Å². The number of hydrogen-bond acceptors (Lipinski definition) is 4. The molecule has 3 rings (SSSR count). The molecule has 1 atom stereocenters. The van der Waals surface area contributed by atoms with E-state index in [-0.39, 0.29) is 36.1 Å². The Morgan fingerprint density at radius 1 is 1.07 bits per heavy atom. The highest BCUT2D eigenvalue weighted by Crippen LogP contribution is 2.40. The lowest BCUT2D eigenvalue weighted by molar-refractivity contribution is -0.140. The zero-order valence-electron chi connectivity index (χ0n) is 15.1. The van der Waals surface area contributed by atoms with Gasteiger partial charge in [0.05, 0.1) is 11.6 Å². The fourth-order valence-electron chi connectivity index (χ4n) is 3.29. The van der Waals surface area contributed by atoms with Crippen LogP contribution >= 0.6 is 11.6 Å². The summed E-state index contributed by atoms with van der Waals surface area (Å²) in [5, 5.41) is 20.0. The number of carbonyl (C=O) groups excluding carboxylic acids is 2. The summed E-state index contributed by atoms with van der Waals surface area (Å²) in [6, 6.07) is 10.4. The molecule has 0 spiro atoms. The fraction of sp³-hybridized carbons (Fsp3) is 0.190. The van der Waals surface area contributed by atoms with Gasteiger partial charge >= 0.3 is 5.97 Å². The predicted octanol–water partition coefficient (Wildman–Crippen LogP) is 3.77. The third-order valence-corrected chi connectivity index (χ3v) is 4.90.